The first-order valence-electron chi connectivity index (χ1n) is 6.04. The maximum absolute atomic E-state index is 11.3. The van der Waals surface area contributed by atoms with Crippen molar-refractivity contribution in [2.24, 2.45) is 5.73 Å². The van der Waals surface area contributed by atoms with Gasteiger partial charge in [0.2, 0.25) is 5.91 Å². The molecule has 1 heterocycles. The summed E-state index contributed by atoms with van der Waals surface area (Å²) in [5.74, 6) is -0.495. The highest BCUT2D eigenvalue weighted by Gasteiger charge is 2.30. The Hall–Kier alpha value is -1.50. The molecule has 106 valence electrons. The number of carboxylic acids is 1. The number of carbonyl (C=O) groups excluding carboxylic acids is 2. The third-order valence-electron chi connectivity index (χ3n) is 2.81. The van der Waals surface area contributed by atoms with E-state index in [0.29, 0.717) is 25.0 Å². The topological polar surface area (TPSA) is 101 Å². The standard InChI is InChI=1S/C12H18N2O4S/c1-8(15)14(12(13)18)9-6-10(19-7-9)4-2-3-5-11(16)17/h4,9H,2-3,5-7H2,1H3,(H2,13,18)(H,16,17)/b10-4+/t9-/m1/s1. The summed E-state index contributed by atoms with van der Waals surface area (Å²) in [6, 6.07) is -0.907. The van der Waals surface area contributed by atoms with E-state index in [1.807, 2.05) is 6.08 Å². The Bertz CT molecular complexity index is 395. The predicted octanol–water partition coefficient (Wildman–Crippen LogP) is 1.56. The lowest BCUT2D eigenvalue weighted by molar-refractivity contribution is -0.137. The van der Waals surface area contributed by atoms with Crippen molar-refractivity contribution in [3.05, 3.63) is 11.0 Å². The van der Waals surface area contributed by atoms with Gasteiger partial charge >= 0.3 is 12.0 Å². The van der Waals surface area contributed by atoms with E-state index >= 15 is 0 Å². The van der Waals surface area contributed by atoms with Crippen molar-refractivity contribution < 1.29 is 19.5 Å². The van der Waals surface area contributed by atoms with Crippen LogP contribution in [0.1, 0.15) is 32.6 Å². The van der Waals surface area contributed by atoms with Crippen LogP contribution in [-0.2, 0) is 9.59 Å². The van der Waals surface area contributed by atoms with Crippen LogP contribution in [0.3, 0.4) is 0 Å². The highest BCUT2D eigenvalue weighted by atomic mass is 32.2. The molecule has 0 aromatic carbocycles. The van der Waals surface area contributed by atoms with E-state index in [2.05, 4.69) is 0 Å². The quantitative estimate of drug-likeness (QED) is 0.747. The summed E-state index contributed by atoms with van der Waals surface area (Å²) >= 11 is 1.58. The average molecular weight is 286 g/mol. The molecule has 1 rings (SSSR count). The molecule has 0 aromatic rings. The lowest BCUT2D eigenvalue weighted by atomic mass is 10.1. The molecule has 1 atom stereocenters. The molecule has 3 N–H and O–H groups in total. The van der Waals surface area contributed by atoms with E-state index in [9.17, 15) is 14.4 Å². The lowest BCUT2D eigenvalue weighted by Gasteiger charge is -2.22. The number of hydrogen-bond acceptors (Lipinski definition) is 4. The Balaban J connectivity index is 2.48. The summed E-state index contributed by atoms with van der Waals surface area (Å²) in [7, 11) is 0. The third kappa shape index (κ3) is 4.94. The summed E-state index contributed by atoms with van der Waals surface area (Å²) < 4.78 is 0. The molecule has 0 bridgehead atoms. The fourth-order valence-electron chi connectivity index (χ4n) is 1.97. The van der Waals surface area contributed by atoms with Crippen molar-refractivity contribution in [2.45, 2.75) is 38.6 Å². The van der Waals surface area contributed by atoms with E-state index in [4.69, 9.17) is 10.8 Å². The molecule has 0 saturated carbocycles. The largest absolute Gasteiger partial charge is 0.481 e. The number of thioether (sulfide) groups is 1. The maximum atomic E-state index is 11.3. The number of urea groups is 1. The van der Waals surface area contributed by atoms with E-state index in [1.165, 1.54) is 6.92 Å². The van der Waals surface area contributed by atoms with Gasteiger partial charge in [0, 0.05) is 19.1 Å². The minimum atomic E-state index is -0.799. The van der Waals surface area contributed by atoms with Crippen molar-refractivity contribution in [1.29, 1.82) is 0 Å². The van der Waals surface area contributed by atoms with Gasteiger partial charge in [0.15, 0.2) is 0 Å². The normalized spacial score (nSPS) is 20.5. The number of aliphatic carboxylic acids is 1. The van der Waals surface area contributed by atoms with Crippen LogP contribution in [0, 0.1) is 0 Å². The Morgan fingerprint density at radius 3 is 2.74 bits per heavy atom. The van der Waals surface area contributed by atoms with E-state index in [0.717, 1.165) is 9.81 Å². The molecule has 19 heavy (non-hydrogen) atoms. The number of hydrogen-bond donors (Lipinski definition) is 2. The maximum Gasteiger partial charge on any atom is 0.321 e. The van der Waals surface area contributed by atoms with Gasteiger partial charge in [-0.15, -0.1) is 11.8 Å². The van der Waals surface area contributed by atoms with Crippen LogP contribution < -0.4 is 5.73 Å². The fourth-order valence-corrected chi connectivity index (χ4v) is 3.19. The number of carbonyl (C=O) groups is 3. The molecule has 0 aliphatic carbocycles. The molecule has 1 fully saturated rings. The van der Waals surface area contributed by atoms with Crippen LogP contribution in [0.5, 0.6) is 0 Å². The van der Waals surface area contributed by atoms with Gasteiger partial charge in [-0.25, -0.2) is 4.79 Å². The third-order valence-corrected chi connectivity index (χ3v) is 4.06. The molecule has 0 spiro atoms. The van der Waals surface area contributed by atoms with Crippen LogP contribution >= 0.6 is 11.8 Å². The van der Waals surface area contributed by atoms with Gasteiger partial charge in [-0.05, 0) is 24.2 Å². The number of nitrogens with zero attached hydrogens (tertiary/aromatic N) is 1. The SMILES string of the molecule is CC(=O)N(C(N)=O)[C@H]1CS/C(=C/CCCC(=O)O)C1. The fraction of sp³-hybridized carbons (Fsp3) is 0.583. The Labute approximate surface area is 116 Å². The van der Waals surface area contributed by atoms with Crippen molar-refractivity contribution in [1.82, 2.24) is 4.90 Å². The van der Waals surface area contributed by atoms with Crippen molar-refractivity contribution >= 4 is 29.7 Å². The van der Waals surface area contributed by atoms with Crippen molar-refractivity contribution in [3.63, 3.8) is 0 Å². The van der Waals surface area contributed by atoms with Crippen LogP contribution in [0.15, 0.2) is 11.0 Å². The van der Waals surface area contributed by atoms with Crippen molar-refractivity contribution in [2.75, 3.05) is 5.75 Å². The second-order valence-electron chi connectivity index (χ2n) is 4.35. The molecule has 6 nitrogen and oxygen atoms in total. The number of nitrogens with two attached hydrogens (primary N) is 1. The number of unbranched alkanes of at least 4 members (excludes halogenated alkanes) is 1. The summed E-state index contributed by atoms with van der Waals surface area (Å²) in [5, 5.41) is 8.52. The summed E-state index contributed by atoms with van der Waals surface area (Å²) in [6.45, 7) is 1.32. The van der Waals surface area contributed by atoms with Gasteiger partial charge < -0.3 is 10.8 Å². The number of primary amides is 1. The number of rotatable bonds is 5. The molecule has 0 radical (unpaired) electrons. The monoisotopic (exact) mass is 286 g/mol. The zero-order valence-corrected chi connectivity index (χ0v) is 11.6. The van der Waals surface area contributed by atoms with Crippen LogP contribution in [0.2, 0.25) is 0 Å². The summed E-state index contributed by atoms with van der Waals surface area (Å²) in [5.41, 5.74) is 5.19. The second-order valence-corrected chi connectivity index (χ2v) is 5.50. The zero-order chi connectivity index (χ0) is 14.4. The van der Waals surface area contributed by atoms with E-state index < -0.39 is 12.0 Å². The number of amides is 3. The molecule has 1 aliphatic rings. The summed E-state index contributed by atoms with van der Waals surface area (Å²) in [4.78, 5) is 35.1. The average Bonchev–Trinajstić information content (AvgIpc) is 2.71. The molecule has 0 unspecified atom stereocenters. The van der Waals surface area contributed by atoms with Crippen LogP contribution in [0.25, 0.3) is 0 Å². The first-order chi connectivity index (χ1) is 8.91. The number of carboxylic acid groups (broad SMARTS) is 1. The minimum Gasteiger partial charge on any atom is -0.481 e. The first kappa shape index (κ1) is 15.6. The Morgan fingerprint density at radius 1 is 1.53 bits per heavy atom. The Morgan fingerprint density at radius 2 is 2.21 bits per heavy atom. The summed E-state index contributed by atoms with van der Waals surface area (Å²) in [6.07, 6.45) is 4.03. The van der Waals surface area contributed by atoms with Gasteiger partial charge in [-0.3, -0.25) is 14.5 Å². The molecular formula is C12H18N2O4S. The van der Waals surface area contributed by atoms with Gasteiger partial charge in [0.05, 0.1) is 6.04 Å². The number of imide groups is 1. The van der Waals surface area contributed by atoms with Crippen molar-refractivity contribution in [3.8, 4) is 0 Å². The lowest BCUT2D eigenvalue weighted by Crippen LogP contribution is -2.46. The smallest absolute Gasteiger partial charge is 0.321 e. The van der Waals surface area contributed by atoms with Gasteiger partial charge in [0.1, 0.15) is 0 Å². The molecular weight excluding hydrogens is 268 g/mol. The highest BCUT2D eigenvalue weighted by molar-refractivity contribution is 8.03. The first-order valence-corrected chi connectivity index (χ1v) is 7.03. The van der Waals surface area contributed by atoms with E-state index in [1.54, 1.807) is 11.8 Å². The Kier molecular flexibility index (Phi) is 5.88. The minimum absolute atomic E-state index is 0.152. The molecule has 7 heteroatoms. The number of allylic oxidation sites excluding steroid dienone is 1. The van der Waals surface area contributed by atoms with Crippen LogP contribution in [-0.4, -0.2) is 39.7 Å². The molecule has 1 aliphatic heterocycles. The highest BCUT2D eigenvalue weighted by Crippen LogP contribution is 2.34. The van der Waals surface area contributed by atoms with Gasteiger partial charge in [-0.1, -0.05) is 6.08 Å². The second kappa shape index (κ2) is 7.18. The van der Waals surface area contributed by atoms with Gasteiger partial charge in [-0.2, -0.15) is 0 Å². The zero-order valence-electron chi connectivity index (χ0n) is 10.8. The van der Waals surface area contributed by atoms with E-state index in [-0.39, 0.29) is 18.4 Å². The predicted molar refractivity (Wildman–Crippen MR) is 72.5 cm³/mol. The van der Waals surface area contributed by atoms with Gasteiger partial charge in [0.25, 0.3) is 0 Å². The molecule has 1 saturated heterocycles. The molecule has 0 aromatic heterocycles. The van der Waals surface area contributed by atoms with Crippen LogP contribution in [0.4, 0.5) is 4.79 Å². The molecule has 3 amide bonds.